The van der Waals surface area contributed by atoms with E-state index in [1.54, 1.807) is 6.07 Å². The van der Waals surface area contributed by atoms with E-state index in [2.05, 4.69) is 4.98 Å². The molecule has 0 unspecified atom stereocenters. The molecule has 5 rings (SSSR count). The van der Waals surface area contributed by atoms with Crippen molar-refractivity contribution in [3.05, 3.63) is 84.3 Å². The van der Waals surface area contributed by atoms with Crippen LogP contribution in [0.4, 0.5) is 13.2 Å². The molecule has 0 spiro atoms. The number of rotatable bonds is 2. The molecule has 0 amide bonds. The molecule has 0 radical (unpaired) electrons. The van der Waals surface area contributed by atoms with E-state index < -0.39 is 11.9 Å². The molecular formula is C21H14F3N3. The maximum absolute atomic E-state index is 13.3. The maximum atomic E-state index is 13.3. The summed E-state index contributed by atoms with van der Waals surface area (Å²) in [5.74, 6) is 0. The molecular weight excluding hydrogens is 351 g/mol. The largest absolute Gasteiger partial charge is 0.433 e. The van der Waals surface area contributed by atoms with Gasteiger partial charge in [-0.15, -0.1) is 0 Å². The monoisotopic (exact) mass is 365 g/mol. The van der Waals surface area contributed by atoms with Crippen LogP contribution in [0.5, 0.6) is 0 Å². The number of pyridine rings is 1. The molecule has 134 valence electrons. The fourth-order valence-corrected chi connectivity index (χ4v) is 3.72. The summed E-state index contributed by atoms with van der Waals surface area (Å²) >= 11 is 0. The van der Waals surface area contributed by atoms with Gasteiger partial charge in [0, 0.05) is 29.0 Å². The van der Waals surface area contributed by atoms with E-state index in [0.29, 0.717) is 17.7 Å². The molecule has 5 aromatic rings. The van der Waals surface area contributed by atoms with Crippen molar-refractivity contribution < 1.29 is 13.2 Å². The Bertz CT molecular complexity index is 1280. The first kappa shape index (κ1) is 15.9. The minimum absolute atomic E-state index is 0.312. The minimum atomic E-state index is -4.45. The Balaban J connectivity index is 1.88. The lowest BCUT2D eigenvalue weighted by molar-refractivity contribution is -0.141. The summed E-state index contributed by atoms with van der Waals surface area (Å²) in [6.45, 7) is 0.554. The van der Waals surface area contributed by atoms with E-state index >= 15 is 0 Å². The van der Waals surface area contributed by atoms with Crippen molar-refractivity contribution in [1.82, 2.24) is 14.0 Å². The number of fused-ring (bicyclic) bond motifs is 5. The molecule has 0 fully saturated rings. The summed E-state index contributed by atoms with van der Waals surface area (Å²) in [5, 5.41) is 1.90. The van der Waals surface area contributed by atoms with Gasteiger partial charge in [0.05, 0.1) is 11.7 Å². The molecule has 2 aromatic carbocycles. The van der Waals surface area contributed by atoms with E-state index in [1.165, 1.54) is 6.20 Å². The van der Waals surface area contributed by atoms with E-state index in [4.69, 9.17) is 0 Å². The molecule has 0 saturated carbocycles. The van der Waals surface area contributed by atoms with Gasteiger partial charge in [0.25, 0.3) is 0 Å². The number of nitrogens with zero attached hydrogens (tertiary/aromatic N) is 3. The summed E-state index contributed by atoms with van der Waals surface area (Å²) in [6.07, 6.45) is -2.10. The Kier molecular flexibility index (Phi) is 3.31. The Hall–Kier alpha value is -3.28. The van der Waals surface area contributed by atoms with E-state index in [0.717, 1.165) is 32.5 Å². The molecule has 0 aliphatic heterocycles. The van der Waals surface area contributed by atoms with Gasteiger partial charge < -0.3 is 4.57 Å². The van der Waals surface area contributed by atoms with E-state index in [-0.39, 0.29) is 0 Å². The third kappa shape index (κ3) is 2.40. The highest BCUT2D eigenvalue weighted by atomic mass is 19.4. The van der Waals surface area contributed by atoms with Gasteiger partial charge in [-0.3, -0.25) is 4.40 Å². The van der Waals surface area contributed by atoms with Crippen molar-refractivity contribution in [1.29, 1.82) is 0 Å². The lowest BCUT2D eigenvalue weighted by atomic mass is 10.2. The second kappa shape index (κ2) is 5.61. The summed E-state index contributed by atoms with van der Waals surface area (Å²) < 4.78 is 43.2. The van der Waals surface area contributed by atoms with Crippen LogP contribution < -0.4 is 0 Å². The molecule has 0 N–H and O–H groups in total. The average Bonchev–Trinajstić information content (AvgIpc) is 3.23. The van der Waals surface area contributed by atoms with Gasteiger partial charge in [0.1, 0.15) is 5.69 Å². The molecule has 0 saturated heterocycles. The van der Waals surface area contributed by atoms with E-state index in [1.807, 2.05) is 59.2 Å². The number of hydrogen-bond acceptors (Lipinski definition) is 1. The van der Waals surface area contributed by atoms with Crippen LogP contribution in [0.15, 0.2) is 73.1 Å². The highest BCUT2D eigenvalue weighted by Gasteiger charge is 2.35. The molecule has 6 heteroatoms. The highest BCUT2D eigenvalue weighted by Crippen LogP contribution is 2.35. The average molecular weight is 365 g/mol. The predicted octanol–water partition coefficient (Wildman–Crippen LogP) is 5.51. The van der Waals surface area contributed by atoms with Crippen LogP contribution in [0.3, 0.4) is 0 Å². The molecule has 0 atom stereocenters. The fourth-order valence-electron chi connectivity index (χ4n) is 3.72. The van der Waals surface area contributed by atoms with Gasteiger partial charge in [0.15, 0.2) is 5.65 Å². The topological polar surface area (TPSA) is 22.2 Å². The van der Waals surface area contributed by atoms with Crippen molar-refractivity contribution in [2.75, 3.05) is 0 Å². The van der Waals surface area contributed by atoms with Crippen LogP contribution in [0, 0.1) is 0 Å². The van der Waals surface area contributed by atoms with Crippen LogP contribution in [-0.2, 0) is 12.7 Å². The van der Waals surface area contributed by atoms with Gasteiger partial charge in [-0.25, -0.2) is 4.98 Å². The first-order valence-corrected chi connectivity index (χ1v) is 8.52. The predicted molar refractivity (Wildman–Crippen MR) is 98.7 cm³/mol. The second-order valence-electron chi connectivity index (χ2n) is 6.50. The minimum Gasteiger partial charge on any atom is -0.333 e. The second-order valence-corrected chi connectivity index (χ2v) is 6.50. The lowest BCUT2D eigenvalue weighted by Gasteiger charge is -2.09. The van der Waals surface area contributed by atoms with Crippen molar-refractivity contribution >= 4 is 27.5 Å². The Morgan fingerprint density at radius 1 is 0.852 bits per heavy atom. The number of hydrogen-bond donors (Lipinski definition) is 0. The third-order valence-corrected chi connectivity index (χ3v) is 4.88. The van der Waals surface area contributed by atoms with Crippen molar-refractivity contribution in [2.45, 2.75) is 12.7 Å². The number of benzene rings is 2. The SMILES string of the molecule is FC(F)(F)c1cnc2c3c(ccn12)c1ccccc1n3Cc1ccccc1. The Morgan fingerprint density at radius 3 is 2.37 bits per heavy atom. The van der Waals surface area contributed by atoms with Gasteiger partial charge in [0.2, 0.25) is 0 Å². The first-order valence-electron chi connectivity index (χ1n) is 8.52. The molecule has 0 aliphatic rings. The Labute approximate surface area is 152 Å². The molecule has 0 aliphatic carbocycles. The summed E-state index contributed by atoms with van der Waals surface area (Å²) in [6, 6.07) is 19.5. The fraction of sp³-hybridized carbons (Fsp3) is 0.0952. The molecule has 27 heavy (non-hydrogen) atoms. The zero-order valence-corrected chi connectivity index (χ0v) is 14.1. The zero-order chi connectivity index (χ0) is 18.6. The van der Waals surface area contributed by atoms with Gasteiger partial charge in [-0.2, -0.15) is 13.2 Å². The molecule has 0 bridgehead atoms. The molecule has 3 heterocycles. The zero-order valence-electron chi connectivity index (χ0n) is 14.1. The summed E-state index contributed by atoms with van der Waals surface area (Å²) in [5.41, 5.74) is 2.30. The smallest absolute Gasteiger partial charge is 0.333 e. The quantitative estimate of drug-likeness (QED) is 0.404. The first-order chi connectivity index (χ1) is 13.0. The normalized spacial score (nSPS) is 12.4. The van der Waals surface area contributed by atoms with Crippen LogP contribution in [0.1, 0.15) is 11.3 Å². The van der Waals surface area contributed by atoms with Crippen LogP contribution in [0.25, 0.3) is 27.5 Å². The third-order valence-electron chi connectivity index (χ3n) is 4.88. The van der Waals surface area contributed by atoms with Crippen LogP contribution >= 0.6 is 0 Å². The number of aromatic nitrogens is 3. The lowest BCUT2D eigenvalue weighted by Crippen LogP contribution is -2.09. The molecule has 3 aromatic heterocycles. The van der Waals surface area contributed by atoms with Crippen molar-refractivity contribution in [2.24, 2.45) is 0 Å². The van der Waals surface area contributed by atoms with Crippen molar-refractivity contribution in [3.63, 3.8) is 0 Å². The van der Waals surface area contributed by atoms with Gasteiger partial charge in [-0.1, -0.05) is 48.5 Å². The number of para-hydroxylation sites is 1. The van der Waals surface area contributed by atoms with E-state index in [9.17, 15) is 13.2 Å². The summed E-state index contributed by atoms with van der Waals surface area (Å²) in [4.78, 5) is 4.13. The van der Waals surface area contributed by atoms with Crippen molar-refractivity contribution in [3.8, 4) is 0 Å². The number of halogens is 3. The number of imidazole rings is 1. The highest BCUT2D eigenvalue weighted by molar-refractivity contribution is 6.12. The van der Waals surface area contributed by atoms with Gasteiger partial charge >= 0.3 is 6.18 Å². The number of alkyl halides is 3. The van der Waals surface area contributed by atoms with Gasteiger partial charge in [-0.05, 0) is 17.7 Å². The van der Waals surface area contributed by atoms with Crippen LogP contribution in [-0.4, -0.2) is 14.0 Å². The standard InChI is InChI=1S/C21H14F3N3/c22-21(23,24)18-12-25-20-19-16(10-11-26(18)20)15-8-4-5-9-17(15)27(19)13-14-6-2-1-3-7-14/h1-12H,13H2. The Morgan fingerprint density at radius 2 is 1.59 bits per heavy atom. The maximum Gasteiger partial charge on any atom is 0.433 e. The summed E-state index contributed by atoms with van der Waals surface area (Å²) in [7, 11) is 0. The van der Waals surface area contributed by atoms with Crippen LogP contribution in [0.2, 0.25) is 0 Å². The molecule has 3 nitrogen and oxygen atoms in total.